The number of hydrogen-bond donors (Lipinski definition) is 5. The number of carboxylic acid groups (broad SMARTS) is 1. The van der Waals surface area contributed by atoms with E-state index >= 15 is 0 Å². The molecule has 2 aliphatic rings. The zero-order valence-electron chi connectivity index (χ0n) is 18.6. The number of aliphatic carboxylic acids is 1. The van der Waals surface area contributed by atoms with Gasteiger partial charge in [0.1, 0.15) is 0 Å². The summed E-state index contributed by atoms with van der Waals surface area (Å²) in [5.41, 5.74) is 4.74. The van der Waals surface area contributed by atoms with E-state index < -0.39 is 17.3 Å². The average Bonchev–Trinajstić information content (AvgIpc) is 2.62. The van der Waals surface area contributed by atoms with Gasteiger partial charge in [0.15, 0.2) is 0 Å². The first-order valence-electron chi connectivity index (χ1n) is 9.80. The van der Waals surface area contributed by atoms with Crippen LogP contribution in [0.2, 0.25) is 0 Å². The van der Waals surface area contributed by atoms with Crippen molar-refractivity contribution >= 4 is 11.9 Å². The maximum atomic E-state index is 12.4. The van der Waals surface area contributed by atoms with Crippen molar-refractivity contribution in [1.82, 2.24) is 16.0 Å². The van der Waals surface area contributed by atoms with Gasteiger partial charge in [0, 0.05) is 43.0 Å². The number of carbonyl (C=O) groups is 2. The van der Waals surface area contributed by atoms with Crippen molar-refractivity contribution in [1.29, 1.82) is 0 Å². The van der Waals surface area contributed by atoms with E-state index in [1.165, 1.54) is 0 Å². The van der Waals surface area contributed by atoms with E-state index in [-0.39, 0.29) is 57.1 Å². The number of nitrogens with two attached hydrogens (primary N) is 1. The first-order valence-corrected chi connectivity index (χ1v) is 9.80. The summed E-state index contributed by atoms with van der Waals surface area (Å²) in [6.07, 6.45) is 0.386. The van der Waals surface area contributed by atoms with Crippen LogP contribution in [0.3, 0.4) is 0 Å². The minimum absolute atomic E-state index is 0. The maximum Gasteiger partial charge on any atom is 0.303 e. The van der Waals surface area contributed by atoms with Crippen molar-refractivity contribution in [3.63, 3.8) is 0 Å². The number of carbonyl (C=O) groups excluding carboxylic acids is 1. The van der Waals surface area contributed by atoms with E-state index in [0.29, 0.717) is 65.4 Å². The monoisotopic (exact) mass is 489 g/mol. The molecule has 2 saturated heterocycles. The molecular formula is C19H38CuN8O3-6. The van der Waals surface area contributed by atoms with Crippen LogP contribution in [-0.2, 0) is 26.7 Å². The molecule has 0 aromatic carbocycles. The quantitative estimate of drug-likeness (QED) is 0.274. The van der Waals surface area contributed by atoms with Gasteiger partial charge in [-0.3, -0.25) is 9.59 Å². The maximum absolute atomic E-state index is 12.4. The molecule has 0 spiro atoms. The van der Waals surface area contributed by atoms with Crippen LogP contribution >= 0.6 is 0 Å². The summed E-state index contributed by atoms with van der Waals surface area (Å²) < 4.78 is 0. The number of nitrogens with one attached hydrogen (secondary N) is 3. The molecule has 2 heterocycles. The second kappa shape index (κ2) is 16.8. The van der Waals surface area contributed by atoms with E-state index in [1.54, 1.807) is 0 Å². The van der Waals surface area contributed by atoms with E-state index in [1.807, 2.05) is 0 Å². The molecular weight excluding hydrogens is 452 g/mol. The Bertz CT molecular complexity index is 497. The van der Waals surface area contributed by atoms with E-state index in [9.17, 15) is 9.59 Å². The van der Waals surface area contributed by atoms with Gasteiger partial charge in [0.25, 0.3) is 0 Å². The Balaban J connectivity index is 0. The fraction of sp³-hybridized carbons (Fsp3) is 0.789. The summed E-state index contributed by atoms with van der Waals surface area (Å²) in [6.45, 7) is 5.05. The summed E-state index contributed by atoms with van der Waals surface area (Å²) in [6, 6.07) is 0. The molecule has 0 aromatic heterocycles. The van der Waals surface area contributed by atoms with Crippen molar-refractivity contribution < 1.29 is 31.8 Å². The van der Waals surface area contributed by atoms with Crippen molar-refractivity contribution in [3.8, 4) is 0 Å². The Labute approximate surface area is 197 Å². The Kier molecular flexibility index (Phi) is 17.5. The van der Waals surface area contributed by atoms with Crippen LogP contribution in [0.25, 0.3) is 21.3 Å². The van der Waals surface area contributed by atoms with Gasteiger partial charge in [0.2, 0.25) is 5.91 Å². The molecule has 31 heavy (non-hydrogen) atoms. The van der Waals surface area contributed by atoms with Gasteiger partial charge in [-0.05, 0) is 19.5 Å². The zero-order chi connectivity index (χ0) is 20.3. The molecule has 2 rings (SSSR count). The van der Waals surface area contributed by atoms with Crippen LogP contribution in [0.15, 0.2) is 0 Å². The van der Waals surface area contributed by atoms with Gasteiger partial charge < -0.3 is 62.9 Å². The summed E-state index contributed by atoms with van der Waals surface area (Å²) in [5, 5.41) is 36.7. The number of hydrogen-bond acceptors (Lipinski definition) is 5. The van der Waals surface area contributed by atoms with Crippen molar-refractivity contribution in [2.45, 2.75) is 30.6 Å². The third-order valence-corrected chi connectivity index (χ3v) is 4.61. The summed E-state index contributed by atoms with van der Waals surface area (Å²) in [5.74, 6) is -1.14. The number of fused-ring (bicyclic) bond motifs is 5. The molecule has 12 heteroatoms. The normalized spacial score (nSPS) is 27.6. The summed E-state index contributed by atoms with van der Waals surface area (Å²) in [7, 11) is 0. The Hall–Kier alpha value is -0.821. The van der Waals surface area contributed by atoms with E-state index in [0.717, 1.165) is 0 Å². The largest absolute Gasteiger partial charge is 0.664 e. The van der Waals surface area contributed by atoms with E-state index in [2.05, 4.69) is 31.9 Å². The van der Waals surface area contributed by atoms with Gasteiger partial charge in [-0.25, -0.2) is 0 Å². The molecule has 6 N–H and O–H groups in total. The van der Waals surface area contributed by atoms with Crippen LogP contribution in [0, 0.1) is 14.9 Å². The molecule has 2 atom stereocenters. The molecule has 2 fully saturated rings. The Morgan fingerprint density at radius 2 is 1.55 bits per heavy atom. The van der Waals surface area contributed by atoms with Crippen LogP contribution < -0.4 is 21.7 Å². The fourth-order valence-electron chi connectivity index (χ4n) is 3.16. The van der Waals surface area contributed by atoms with Gasteiger partial charge in [-0.1, -0.05) is 11.3 Å². The molecule has 2 aliphatic heterocycles. The smallest absolute Gasteiger partial charge is 0.303 e. The molecule has 1 radical (unpaired) electrons. The number of amides is 1. The van der Waals surface area contributed by atoms with Crippen LogP contribution in [0.4, 0.5) is 0 Å². The van der Waals surface area contributed by atoms with E-state index in [4.69, 9.17) is 16.2 Å². The predicted octanol–water partition coefficient (Wildman–Crippen LogP) is 0.308. The minimum Gasteiger partial charge on any atom is -0.664 e. The van der Waals surface area contributed by atoms with Gasteiger partial charge in [-0.15, -0.1) is 13.1 Å². The summed E-state index contributed by atoms with van der Waals surface area (Å²) >= 11 is 0. The van der Waals surface area contributed by atoms with Crippen molar-refractivity contribution in [2.24, 2.45) is 5.73 Å². The van der Waals surface area contributed by atoms with Crippen LogP contribution in [-0.4, -0.2) is 93.8 Å². The standard InChI is InChI=1S/C17H32N8O3.2CH3.Cu/c18-16-10-19-4-6-21-12-17(24-9-8-23-16,13-22-7-5-20-11-16)25-14(26)2-1-3-15(27)28;;;/h19,21H,1-13,18H2,(H,25,26)(H,27,28);2*1H3;/q-4;2*-1;/t16-,17-;;;/m1.../s1. The zero-order valence-corrected chi connectivity index (χ0v) is 19.6. The third-order valence-electron chi connectivity index (χ3n) is 4.61. The molecule has 0 aliphatic carbocycles. The van der Waals surface area contributed by atoms with Crippen LogP contribution in [0.5, 0.6) is 0 Å². The topological polar surface area (TPSA) is 173 Å². The Morgan fingerprint density at radius 3 is 2.23 bits per heavy atom. The number of nitrogens with zero attached hydrogens (tertiary/aromatic N) is 4. The molecule has 0 unspecified atom stereocenters. The van der Waals surface area contributed by atoms with Crippen molar-refractivity contribution in [3.05, 3.63) is 36.1 Å². The molecule has 1 amide bonds. The Morgan fingerprint density at radius 1 is 0.935 bits per heavy atom. The second-order valence-corrected chi connectivity index (χ2v) is 7.26. The SMILES string of the molecule is N[C@]12C[N-]CC[N-]C[C@](NC(=O)CCCC(=O)O)(CNCCNC1)[N-]CC[N-]2.[CH3-].[CH3-].[Cu]. The molecule has 189 valence electrons. The van der Waals surface area contributed by atoms with Crippen molar-refractivity contribution in [2.75, 3.05) is 65.4 Å². The second-order valence-electron chi connectivity index (χ2n) is 7.26. The first kappa shape index (κ1) is 32.4. The minimum atomic E-state index is -0.910. The molecule has 11 nitrogen and oxygen atoms in total. The molecule has 2 bridgehead atoms. The molecule has 0 saturated carbocycles. The van der Waals surface area contributed by atoms with Gasteiger partial charge in [-0.2, -0.15) is 26.2 Å². The predicted molar refractivity (Wildman–Crippen MR) is 120 cm³/mol. The van der Waals surface area contributed by atoms with Gasteiger partial charge in [0.05, 0.1) is 0 Å². The summed E-state index contributed by atoms with van der Waals surface area (Å²) in [4.78, 5) is 23.1. The number of carboxylic acids is 1. The third kappa shape index (κ3) is 12.7. The average molecular weight is 490 g/mol. The number of rotatable bonds is 5. The first-order chi connectivity index (χ1) is 13.4. The fourth-order valence-corrected chi connectivity index (χ4v) is 3.16. The van der Waals surface area contributed by atoms with Crippen LogP contribution in [0.1, 0.15) is 19.3 Å². The molecule has 0 aromatic rings. The van der Waals surface area contributed by atoms with Gasteiger partial charge >= 0.3 is 5.97 Å².